The highest BCUT2D eigenvalue weighted by Gasteiger charge is 2.37. The van der Waals surface area contributed by atoms with Crippen LogP contribution in [0.15, 0.2) is 0 Å². The fourth-order valence-electron chi connectivity index (χ4n) is 2.79. The van der Waals surface area contributed by atoms with Gasteiger partial charge < -0.3 is 15.0 Å². The molecule has 0 aliphatic carbocycles. The van der Waals surface area contributed by atoms with Crippen molar-refractivity contribution >= 4 is 22.0 Å². The molecular weight excluding hydrogens is 324 g/mol. The Labute approximate surface area is 136 Å². The summed E-state index contributed by atoms with van der Waals surface area (Å²) in [7, 11) is -2.16. The van der Waals surface area contributed by atoms with Gasteiger partial charge in [0.1, 0.15) is 0 Å². The zero-order valence-electron chi connectivity index (χ0n) is 13.5. The topological polar surface area (TPSA) is 99.3 Å². The van der Waals surface area contributed by atoms with Crippen LogP contribution in [-0.2, 0) is 24.5 Å². The highest BCUT2D eigenvalue weighted by molar-refractivity contribution is 7.86. The summed E-state index contributed by atoms with van der Waals surface area (Å²) in [5.41, 5.74) is 0. The Balaban J connectivity index is 2.20. The highest BCUT2D eigenvalue weighted by Crippen LogP contribution is 2.17. The highest BCUT2D eigenvalue weighted by atomic mass is 32.2. The number of carbonyl (C=O) groups excluding carboxylic acids is 2. The summed E-state index contributed by atoms with van der Waals surface area (Å²) in [6.45, 7) is 3.54. The minimum atomic E-state index is -3.66. The van der Waals surface area contributed by atoms with Gasteiger partial charge in [-0.2, -0.15) is 17.0 Å². The van der Waals surface area contributed by atoms with E-state index < -0.39 is 16.1 Å². The van der Waals surface area contributed by atoms with Gasteiger partial charge in [-0.05, 0) is 0 Å². The van der Waals surface area contributed by atoms with Gasteiger partial charge in [-0.15, -0.1) is 0 Å². The van der Waals surface area contributed by atoms with Crippen molar-refractivity contribution in [1.82, 2.24) is 18.8 Å². The first-order valence-corrected chi connectivity index (χ1v) is 9.06. The third kappa shape index (κ3) is 4.19. The van der Waals surface area contributed by atoms with Crippen LogP contribution in [0.2, 0.25) is 0 Å². The number of hydrogen-bond donors (Lipinski definition) is 1. The van der Waals surface area contributed by atoms with Crippen LogP contribution in [0.5, 0.6) is 0 Å². The predicted molar refractivity (Wildman–Crippen MR) is 82.7 cm³/mol. The SMILES string of the molecule is CNC(=O)[C@H]1CN(C(C)=O)CCN(S(=O)(=O)N2CCOCC2)C1. The molecule has 2 fully saturated rings. The molecule has 0 aromatic heterocycles. The third-order valence-electron chi connectivity index (χ3n) is 4.17. The molecule has 1 N–H and O–H groups in total. The molecule has 9 nitrogen and oxygen atoms in total. The maximum Gasteiger partial charge on any atom is 0.282 e. The van der Waals surface area contributed by atoms with Gasteiger partial charge in [-0.1, -0.05) is 0 Å². The first kappa shape index (κ1) is 18.1. The Morgan fingerprint density at radius 2 is 1.70 bits per heavy atom. The van der Waals surface area contributed by atoms with Gasteiger partial charge in [0.25, 0.3) is 10.2 Å². The summed E-state index contributed by atoms with van der Waals surface area (Å²) in [5.74, 6) is -1.01. The van der Waals surface area contributed by atoms with E-state index in [-0.39, 0.29) is 38.0 Å². The van der Waals surface area contributed by atoms with Crippen molar-refractivity contribution < 1.29 is 22.7 Å². The third-order valence-corrected chi connectivity index (χ3v) is 6.17. The van der Waals surface area contributed by atoms with E-state index in [2.05, 4.69) is 5.32 Å². The zero-order valence-corrected chi connectivity index (χ0v) is 14.3. The van der Waals surface area contributed by atoms with Crippen LogP contribution in [0.25, 0.3) is 0 Å². The fraction of sp³-hybridized carbons (Fsp3) is 0.846. The predicted octanol–water partition coefficient (Wildman–Crippen LogP) is -1.91. The zero-order chi connectivity index (χ0) is 17.0. The molecule has 0 spiro atoms. The summed E-state index contributed by atoms with van der Waals surface area (Å²) < 4.78 is 33.4. The first-order chi connectivity index (χ1) is 10.9. The molecule has 10 heteroatoms. The maximum atomic E-state index is 12.8. The number of hydrogen-bond acceptors (Lipinski definition) is 5. The van der Waals surface area contributed by atoms with Crippen molar-refractivity contribution in [3.63, 3.8) is 0 Å². The normalized spacial score (nSPS) is 25.0. The van der Waals surface area contributed by atoms with Crippen molar-refractivity contribution in [2.75, 3.05) is 59.5 Å². The average Bonchev–Trinajstić information content (AvgIpc) is 2.78. The van der Waals surface area contributed by atoms with E-state index in [0.717, 1.165) is 0 Å². The first-order valence-electron chi connectivity index (χ1n) is 7.66. The molecule has 23 heavy (non-hydrogen) atoms. The van der Waals surface area contributed by atoms with Crippen molar-refractivity contribution in [1.29, 1.82) is 0 Å². The molecule has 2 saturated heterocycles. The Kier molecular flexibility index (Phi) is 5.95. The number of nitrogens with one attached hydrogen (secondary N) is 1. The van der Waals surface area contributed by atoms with Crippen LogP contribution in [0.1, 0.15) is 6.92 Å². The Morgan fingerprint density at radius 1 is 1.04 bits per heavy atom. The Bertz CT molecular complexity index is 547. The smallest absolute Gasteiger partial charge is 0.282 e. The van der Waals surface area contributed by atoms with E-state index in [4.69, 9.17) is 4.74 Å². The largest absolute Gasteiger partial charge is 0.379 e. The Morgan fingerprint density at radius 3 is 2.26 bits per heavy atom. The molecule has 132 valence electrons. The van der Waals surface area contributed by atoms with E-state index in [1.54, 1.807) is 0 Å². The quantitative estimate of drug-likeness (QED) is 0.642. The molecule has 0 bridgehead atoms. The lowest BCUT2D eigenvalue weighted by molar-refractivity contribution is -0.130. The summed E-state index contributed by atoms with van der Waals surface area (Å²) in [6.07, 6.45) is 0. The molecule has 0 aromatic carbocycles. The number of rotatable bonds is 3. The molecule has 2 amide bonds. The van der Waals surface area contributed by atoms with Gasteiger partial charge in [0.15, 0.2) is 0 Å². The van der Waals surface area contributed by atoms with E-state index in [1.165, 1.54) is 27.5 Å². The maximum absolute atomic E-state index is 12.8. The second kappa shape index (κ2) is 7.56. The van der Waals surface area contributed by atoms with E-state index >= 15 is 0 Å². The molecule has 2 aliphatic rings. The van der Waals surface area contributed by atoms with Crippen LogP contribution < -0.4 is 5.32 Å². The number of morpholine rings is 1. The molecule has 0 saturated carbocycles. The summed E-state index contributed by atoms with van der Waals surface area (Å²) in [5, 5.41) is 2.54. The van der Waals surface area contributed by atoms with Gasteiger partial charge in [0, 0.05) is 53.2 Å². The van der Waals surface area contributed by atoms with Crippen molar-refractivity contribution in [3.8, 4) is 0 Å². The lowest BCUT2D eigenvalue weighted by Crippen LogP contribution is -2.51. The Hall–Kier alpha value is -1.23. The van der Waals surface area contributed by atoms with Gasteiger partial charge in [0.05, 0.1) is 19.1 Å². The summed E-state index contributed by atoms with van der Waals surface area (Å²) in [6, 6.07) is 0. The molecule has 2 rings (SSSR count). The molecule has 2 aliphatic heterocycles. The van der Waals surface area contributed by atoms with Gasteiger partial charge >= 0.3 is 0 Å². The second-order valence-electron chi connectivity index (χ2n) is 5.65. The van der Waals surface area contributed by atoms with Gasteiger partial charge in [-0.25, -0.2) is 0 Å². The summed E-state index contributed by atoms with van der Waals surface area (Å²) in [4.78, 5) is 25.2. The van der Waals surface area contributed by atoms with Crippen LogP contribution >= 0.6 is 0 Å². The lowest BCUT2D eigenvalue weighted by Gasteiger charge is -2.32. The number of nitrogens with zero attached hydrogens (tertiary/aromatic N) is 3. The minimum Gasteiger partial charge on any atom is -0.379 e. The average molecular weight is 348 g/mol. The van der Waals surface area contributed by atoms with E-state index in [0.29, 0.717) is 26.3 Å². The standard InChI is InChI=1S/C13H24N4O5S/c1-11(18)15-3-4-17(10-12(9-15)13(19)14-2)23(20,21)16-5-7-22-8-6-16/h12H,3-10H2,1-2H3,(H,14,19)/t12-/m0/s1. The van der Waals surface area contributed by atoms with Crippen molar-refractivity contribution in [2.24, 2.45) is 5.92 Å². The molecule has 0 aromatic rings. The molecule has 0 radical (unpaired) electrons. The molecule has 0 unspecified atom stereocenters. The van der Waals surface area contributed by atoms with Crippen LogP contribution in [0.3, 0.4) is 0 Å². The van der Waals surface area contributed by atoms with E-state index in [1.807, 2.05) is 0 Å². The van der Waals surface area contributed by atoms with Crippen LogP contribution in [0, 0.1) is 5.92 Å². The van der Waals surface area contributed by atoms with Crippen LogP contribution in [0.4, 0.5) is 0 Å². The van der Waals surface area contributed by atoms with Gasteiger partial charge in [0.2, 0.25) is 11.8 Å². The van der Waals surface area contributed by atoms with Crippen LogP contribution in [-0.4, -0.2) is 93.3 Å². The van der Waals surface area contributed by atoms with Gasteiger partial charge in [-0.3, -0.25) is 9.59 Å². The minimum absolute atomic E-state index is 0.0726. The van der Waals surface area contributed by atoms with Crippen molar-refractivity contribution in [2.45, 2.75) is 6.92 Å². The second-order valence-corrected chi connectivity index (χ2v) is 7.58. The lowest BCUT2D eigenvalue weighted by atomic mass is 10.1. The number of ether oxygens (including phenoxy) is 1. The molecular formula is C13H24N4O5S. The molecule has 1 atom stereocenters. The van der Waals surface area contributed by atoms with Crippen molar-refractivity contribution in [3.05, 3.63) is 0 Å². The number of amides is 2. The number of carbonyl (C=O) groups is 2. The monoisotopic (exact) mass is 348 g/mol. The summed E-state index contributed by atoms with van der Waals surface area (Å²) >= 11 is 0. The van der Waals surface area contributed by atoms with E-state index in [9.17, 15) is 18.0 Å². The molecule has 2 heterocycles. The fourth-order valence-corrected chi connectivity index (χ4v) is 4.41.